The van der Waals surface area contributed by atoms with Crippen molar-refractivity contribution in [2.24, 2.45) is 0 Å². The third-order valence-electron chi connectivity index (χ3n) is 5.71. The molecule has 1 N–H and O–H groups in total. The molecule has 0 aromatic heterocycles. The van der Waals surface area contributed by atoms with Crippen molar-refractivity contribution in [3.63, 3.8) is 0 Å². The molecule has 0 aromatic rings. The summed E-state index contributed by atoms with van der Waals surface area (Å²) in [7, 11) is -4.32. The molecule has 0 saturated heterocycles. The Morgan fingerprint density at radius 3 is 1.38 bits per heavy atom. The summed E-state index contributed by atoms with van der Waals surface area (Å²) >= 11 is 0. The molecular weight excluding hydrogens is 411 g/mol. The predicted octanol–water partition coefficient (Wildman–Crippen LogP) is 3.72. The Kier molecular flexibility index (Phi) is 25.6. The molecule has 0 amide bonds. The van der Waals surface area contributed by atoms with Gasteiger partial charge in [0.15, 0.2) is 0 Å². The number of rotatable bonds is 21. The molecule has 170 valence electrons. The summed E-state index contributed by atoms with van der Waals surface area (Å²) in [5.41, 5.74) is 0. The van der Waals surface area contributed by atoms with Gasteiger partial charge in [-0.3, -0.25) is 0 Å². The summed E-state index contributed by atoms with van der Waals surface area (Å²) in [5, 5.41) is 9.22. The van der Waals surface area contributed by atoms with E-state index in [9.17, 15) is 18.1 Å². The Hall–Kier alpha value is 1.51. The van der Waals surface area contributed by atoms with Crippen molar-refractivity contribution in [2.45, 2.75) is 147 Å². The minimum Gasteiger partial charge on any atom is -0.748 e. The van der Waals surface area contributed by atoms with Crippen LogP contribution in [0.5, 0.6) is 0 Å². The van der Waals surface area contributed by atoms with E-state index >= 15 is 0 Å². The van der Waals surface area contributed by atoms with E-state index in [1.54, 1.807) is 0 Å². The van der Waals surface area contributed by atoms with Gasteiger partial charge >= 0.3 is 51.4 Å². The van der Waals surface area contributed by atoms with Crippen LogP contribution in [0.2, 0.25) is 0 Å². The van der Waals surface area contributed by atoms with Gasteiger partial charge in [0.05, 0.1) is 21.5 Å². The average molecular weight is 459 g/mol. The normalized spacial score (nSPS) is 13.8. The molecule has 0 rings (SSSR count). The summed E-state index contributed by atoms with van der Waals surface area (Å²) in [4.78, 5) is 0. The van der Waals surface area contributed by atoms with Gasteiger partial charge in [-0.25, -0.2) is 8.42 Å². The van der Waals surface area contributed by atoms with Crippen molar-refractivity contribution in [2.75, 3.05) is 0 Å². The van der Waals surface area contributed by atoms with Gasteiger partial charge in [-0.1, -0.05) is 117 Å². The van der Waals surface area contributed by atoms with Crippen LogP contribution in [0, 0.1) is 0 Å². The molecule has 6 heteroatoms. The van der Waals surface area contributed by atoms with Gasteiger partial charge in [-0.2, -0.15) is 0 Å². The molecular formula is C23H47KO4S. The molecule has 0 spiro atoms. The zero-order valence-electron chi connectivity index (χ0n) is 19.7. The van der Waals surface area contributed by atoms with Crippen LogP contribution in [0.25, 0.3) is 0 Å². The maximum atomic E-state index is 11.5. The van der Waals surface area contributed by atoms with Crippen LogP contribution in [-0.4, -0.2) is 29.4 Å². The van der Waals surface area contributed by atoms with E-state index in [1.165, 1.54) is 70.6 Å². The molecule has 0 aliphatic carbocycles. The molecule has 4 nitrogen and oxygen atoms in total. The Balaban J connectivity index is 0. The number of hydrogen-bond acceptors (Lipinski definition) is 4. The van der Waals surface area contributed by atoms with Gasteiger partial charge in [0.25, 0.3) is 0 Å². The standard InChI is InChI=1S/C23H48O4S.K/c1-3-5-7-9-11-12-13-14-16-18-20-23(28(25,26)27)21-22(24)19-17-15-10-8-6-4-2;/h22-24H,3-21H2,1-2H3,(H,25,26,27);/q;+1/p-1. The van der Waals surface area contributed by atoms with Crippen molar-refractivity contribution < 1.29 is 69.5 Å². The van der Waals surface area contributed by atoms with Crippen LogP contribution in [-0.2, 0) is 10.1 Å². The van der Waals surface area contributed by atoms with Crippen LogP contribution in [0.1, 0.15) is 136 Å². The first-order valence-corrected chi connectivity index (χ1v) is 13.5. The first-order chi connectivity index (χ1) is 13.4. The average Bonchev–Trinajstić information content (AvgIpc) is 2.64. The molecule has 0 aromatic carbocycles. The fourth-order valence-electron chi connectivity index (χ4n) is 3.82. The van der Waals surface area contributed by atoms with Crippen molar-refractivity contribution in [3.05, 3.63) is 0 Å². The molecule has 29 heavy (non-hydrogen) atoms. The second-order valence-electron chi connectivity index (χ2n) is 8.53. The van der Waals surface area contributed by atoms with Crippen LogP contribution in [0.15, 0.2) is 0 Å². The van der Waals surface area contributed by atoms with E-state index in [4.69, 9.17) is 0 Å². The molecule has 0 heterocycles. The topological polar surface area (TPSA) is 77.4 Å². The zero-order valence-corrected chi connectivity index (χ0v) is 23.6. The third-order valence-corrected chi connectivity index (χ3v) is 6.96. The van der Waals surface area contributed by atoms with Gasteiger partial charge in [0.2, 0.25) is 0 Å². The maximum Gasteiger partial charge on any atom is 1.00 e. The molecule has 0 aliphatic heterocycles. The van der Waals surface area contributed by atoms with E-state index in [2.05, 4.69) is 13.8 Å². The van der Waals surface area contributed by atoms with Crippen LogP contribution in [0.4, 0.5) is 0 Å². The smallest absolute Gasteiger partial charge is 0.748 e. The van der Waals surface area contributed by atoms with Gasteiger partial charge in [0, 0.05) is 0 Å². The third kappa shape index (κ3) is 22.5. The molecule has 0 bridgehead atoms. The van der Waals surface area contributed by atoms with E-state index in [1.807, 2.05) is 0 Å². The van der Waals surface area contributed by atoms with Gasteiger partial charge in [-0.05, 0) is 19.3 Å². The Morgan fingerprint density at radius 2 is 1.00 bits per heavy atom. The van der Waals surface area contributed by atoms with Gasteiger partial charge < -0.3 is 9.66 Å². The fraction of sp³-hybridized carbons (Fsp3) is 1.00. The first-order valence-electron chi connectivity index (χ1n) is 12.0. The maximum absolute atomic E-state index is 11.5. The molecule has 0 saturated carbocycles. The second kappa shape index (κ2) is 22.7. The van der Waals surface area contributed by atoms with Crippen LogP contribution in [0.3, 0.4) is 0 Å². The summed E-state index contributed by atoms with van der Waals surface area (Å²) in [5.74, 6) is 0. The van der Waals surface area contributed by atoms with E-state index in [0.29, 0.717) is 12.8 Å². The number of unbranched alkanes of at least 4 members (excludes halogenated alkanes) is 14. The molecule has 0 radical (unpaired) electrons. The Bertz CT molecular complexity index is 429. The van der Waals surface area contributed by atoms with Gasteiger partial charge in [0.1, 0.15) is 0 Å². The van der Waals surface area contributed by atoms with Gasteiger partial charge in [-0.15, -0.1) is 0 Å². The van der Waals surface area contributed by atoms with E-state index in [0.717, 1.165) is 32.1 Å². The minimum atomic E-state index is -4.32. The first kappa shape index (κ1) is 32.7. The predicted molar refractivity (Wildman–Crippen MR) is 119 cm³/mol. The fourth-order valence-corrected chi connectivity index (χ4v) is 4.73. The largest absolute Gasteiger partial charge is 1.00 e. The van der Waals surface area contributed by atoms with Crippen molar-refractivity contribution in [1.29, 1.82) is 0 Å². The minimum absolute atomic E-state index is 0. The quantitative estimate of drug-likeness (QED) is 0.162. The SMILES string of the molecule is CCCCCCCCCCCCC(CC(O)CCCCCCCC)S(=O)(=O)[O-].[K+]. The second-order valence-corrected chi connectivity index (χ2v) is 10.2. The molecule has 2 unspecified atom stereocenters. The van der Waals surface area contributed by atoms with Crippen molar-refractivity contribution in [1.82, 2.24) is 0 Å². The molecule has 0 fully saturated rings. The monoisotopic (exact) mass is 458 g/mol. The summed E-state index contributed by atoms with van der Waals surface area (Å²) < 4.78 is 34.6. The van der Waals surface area contributed by atoms with E-state index in [-0.39, 0.29) is 57.8 Å². The Morgan fingerprint density at radius 1 is 0.655 bits per heavy atom. The van der Waals surface area contributed by atoms with Crippen LogP contribution < -0.4 is 51.4 Å². The molecule has 0 aliphatic rings. The molecule has 2 atom stereocenters. The summed E-state index contributed by atoms with van der Waals surface area (Å²) in [6.45, 7) is 4.41. The summed E-state index contributed by atoms with van der Waals surface area (Å²) in [6.07, 6.45) is 19.2. The number of hydrogen-bond donors (Lipinski definition) is 1. The Labute approximate surface area is 224 Å². The van der Waals surface area contributed by atoms with Crippen molar-refractivity contribution in [3.8, 4) is 0 Å². The van der Waals surface area contributed by atoms with Crippen molar-refractivity contribution >= 4 is 10.1 Å². The summed E-state index contributed by atoms with van der Waals surface area (Å²) in [6, 6.07) is 0. The number of aliphatic hydroxyl groups excluding tert-OH is 1. The number of aliphatic hydroxyl groups is 1. The van der Waals surface area contributed by atoms with Crippen LogP contribution >= 0.6 is 0 Å². The zero-order chi connectivity index (χ0) is 21.1. The van der Waals surface area contributed by atoms with E-state index < -0.39 is 21.5 Å².